The van der Waals surface area contributed by atoms with E-state index in [4.69, 9.17) is 11.6 Å². The van der Waals surface area contributed by atoms with E-state index < -0.39 is 0 Å². The van der Waals surface area contributed by atoms with Crippen molar-refractivity contribution in [2.75, 3.05) is 39.8 Å². The Bertz CT molecular complexity index is 501. The van der Waals surface area contributed by atoms with Crippen molar-refractivity contribution in [3.63, 3.8) is 0 Å². The van der Waals surface area contributed by atoms with Crippen LogP contribution in [-0.4, -0.2) is 66.4 Å². The molecule has 1 aromatic rings. The molecule has 2 heterocycles. The molecule has 0 aliphatic carbocycles. The second-order valence-corrected chi connectivity index (χ2v) is 5.00. The van der Waals surface area contributed by atoms with Crippen LogP contribution in [0.25, 0.3) is 0 Å². The summed E-state index contributed by atoms with van der Waals surface area (Å²) < 4.78 is 0. The number of piperazine rings is 1. The van der Waals surface area contributed by atoms with Crippen LogP contribution in [0.3, 0.4) is 0 Å². The van der Waals surface area contributed by atoms with E-state index in [9.17, 15) is 9.59 Å². The summed E-state index contributed by atoms with van der Waals surface area (Å²) in [6, 6.07) is 1.61. The largest absolute Gasteiger partial charge is 0.358 e. The number of nitrogens with zero attached hydrogens (tertiary/aromatic N) is 3. The van der Waals surface area contributed by atoms with Crippen molar-refractivity contribution in [2.45, 2.75) is 0 Å². The molecular weight excluding hydrogens is 280 g/mol. The van der Waals surface area contributed by atoms with Gasteiger partial charge in [0.05, 0.1) is 17.1 Å². The zero-order valence-electron chi connectivity index (χ0n) is 11.3. The van der Waals surface area contributed by atoms with Crippen LogP contribution in [-0.2, 0) is 4.79 Å². The molecule has 0 spiro atoms. The SMILES string of the molecule is CNC(=O)CN1CCN(C(=O)c2cnccc2Cl)CC1. The fraction of sp³-hybridized carbons (Fsp3) is 0.462. The van der Waals surface area contributed by atoms with Crippen LogP contribution in [0.5, 0.6) is 0 Å². The lowest BCUT2D eigenvalue weighted by Crippen LogP contribution is -2.50. The molecule has 1 aliphatic rings. The first kappa shape index (κ1) is 14.7. The molecule has 6 nitrogen and oxygen atoms in total. The van der Waals surface area contributed by atoms with Gasteiger partial charge in [-0.1, -0.05) is 11.6 Å². The Morgan fingerprint density at radius 2 is 2.05 bits per heavy atom. The number of carbonyl (C=O) groups is 2. The predicted molar refractivity (Wildman–Crippen MR) is 75.7 cm³/mol. The van der Waals surface area contributed by atoms with Crippen LogP contribution in [0.2, 0.25) is 5.02 Å². The van der Waals surface area contributed by atoms with E-state index in [-0.39, 0.29) is 11.8 Å². The highest BCUT2D eigenvalue weighted by Gasteiger charge is 2.24. The second kappa shape index (κ2) is 6.67. The van der Waals surface area contributed by atoms with Crippen LogP contribution < -0.4 is 5.32 Å². The van der Waals surface area contributed by atoms with Gasteiger partial charge in [0.15, 0.2) is 0 Å². The normalized spacial score (nSPS) is 16.0. The van der Waals surface area contributed by atoms with Crippen molar-refractivity contribution in [1.82, 2.24) is 20.1 Å². The van der Waals surface area contributed by atoms with E-state index >= 15 is 0 Å². The van der Waals surface area contributed by atoms with Gasteiger partial charge in [0, 0.05) is 45.6 Å². The Kier molecular flexibility index (Phi) is 4.92. The van der Waals surface area contributed by atoms with Crippen molar-refractivity contribution in [3.05, 3.63) is 29.0 Å². The van der Waals surface area contributed by atoms with Gasteiger partial charge in [-0.25, -0.2) is 0 Å². The molecule has 2 rings (SSSR count). The maximum Gasteiger partial charge on any atom is 0.257 e. The number of nitrogens with one attached hydrogen (secondary N) is 1. The summed E-state index contributed by atoms with van der Waals surface area (Å²) in [5, 5.41) is 3.01. The van der Waals surface area contributed by atoms with Crippen molar-refractivity contribution < 1.29 is 9.59 Å². The summed E-state index contributed by atoms with van der Waals surface area (Å²) >= 11 is 6.00. The average Bonchev–Trinajstić information content (AvgIpc) is 2.47. The van der Waals surface area contributed by atoms with E-state index in [1.165, 1.54) is 6.20 Å². The minimum atomic E-state index is -0.109. The third-order valence-corrected chi connectivity index (χ3v) is 3.63. The predicted octanol–water partition coefficient (Wildman–Crippen LogP) is 0.239. The van der Waals surface area contributed by atoms with Crippen LogP contribution in [0.15, 0.2) is 18.5 Å². The van der Waals surface area contributed by atoms with E-state index in [0.29, 0.717) is 43.3 Å². The summed E-state index contributed by atoms with van der Waals surface area (Å²) in [4.78, 5) is 31.3. The number of halogens is 1. The molecule has 1 fully saturated rings. The van der Waals surface area contributed by atoms with Crippen molar-refractivity contribution in [1.29, 1.82) is 0 Å². The lowest BCUT2D eigenvalue weighted by atomic mass is 10.2. The fourth-order valence-corrected chi connectivity index (χ4v) is 2.28. The van der Waals surface area contributed by atoms with Crippen LogP contribution in [0.1, 0.15) is 10.4 Å². The highest BCUT2D eigenvalue weighted by atomic mass is 35.5. The van der Waals surface area contributed by atoms with Crippen molar-refractivity contribution in [2.24, 2.45) is 0 Å². The molecule has 1 N–H and O–H groups in total. The summed E-state index contributed by atoms with van der Waals surface area (Å²) in [5.41, 5.74) is 0.425. The molecule has 0 saturated carbocycles. The Morgan fingerprint density at radius 3 is 2.65 bits per heavy atom. The molecule has 0 bridgehead atoms. The molecule has 20 heavy (non-hydrogen) atoms. The van der Waals surface area contributed by atoms with Crippen LogP contribution in [0.4, 0.5) is 0 Å². The topological polar surface area (TPSA) is 65.5 Å². The number of carbonyl (C=O) groups excluding carboxylic acids is 2. The first-order chi connectivity index (χ1) is 9.61. The zero-order valence-corrected chi connectivity index (χ0v) is 12.1. The monoisotopic (exact) mass is 296 g/mol. The van der Waals surface area contributed by atoms with Gasteiger partial charge in [0.2, 0.25) is 5.91 Å². The molecular formula is C13H17ClN4O2. The molecule has 108 valence electrons. The number of amides is 2. The number of hydrogen-bond donors (Lipinski definition) is 1. The molecule has 0 aromatic carbocycles. The van der Waals surface area contributed by atoms with Gasteiger partial charge < -0.3 is 10.2 Å². The molecule has 7 heteroatoms. The number of aromatic nitrogens is 1. The van der Waals surface area contributed by atoms with Gasteiger partial charge in [0.25, 0.3) is 5.91 Å². The average molecular weight is 297 g/mol. The van der Waals surface area contributed by atoms with Gasteiger partial charge in [-0.3, -0.25) is 19.5 Å². The van der Waals surface area contributed by atoms with E-state index in [1.54, 1.807) is 24.2 Å². The van der Waals surface area contributed by atoms with Crippen LogP contribution in [0, 0.1) is 0 Å². The maximum absolute atomic E-state index is 12.3. The number of hydrogen-bond acceptors (Lipinski definition) is 4. The lowest BCUT2D eigenvalue weighted by Gasteiger charge is -2.34. The molecule has 1 aromatic heterocycles. The smallest absolute Gasteiger partial charge is 0.257 e. The highest BCUT2D eigenvalue weighted by molar-refractivity contribution is 6.33. The fourth-order valence-electron chi connectivity index (χ4n) is 2.10. The van der Waals surface area contributed by atoms with Gasteiger partial charge in [-0.15, -0.1) is 0 Å². The Balaban J connectivity index is 1.92. The molecule has 1 saturated heterocycles. The third kappa shape index (κ3) is 3.46. The number of pyridine rings is 1. The first-order valence-electron chi connectivity index (χ1n) is 6.43. The summed E-state index contributed by atoms with van der Waals surface area (Å²) in [7, 11) is 1.62. The molecule has 1 aliphatic heterocycles. The third-order valence-electron chi connectivity index (χ3n) is 3.30. The zero-order chi connectivity index (χ0) is 14.5. The van der Waals surface area contributed by atoms with Gasteiger partial charge in [-0.05, 0) is 6.07 Å². The molecule has 0 radical (unpaired) electrons. The number of likely N-dealkylation sites (N-methyl/N-ethyl adjacent to an activating group) is 1. The van der Waals surface area contributed by atoms with Gasteiger partial charge >= 0.3 is 0 Å². The number of rotatable bonds is 3. The van der Waals surface area contributed by atoms with Crippen LogP contribution >= 0.6 is 11.6 Å². The minimum absolute atomic E-state index is 0.0138. The second-order valence-electron chi connectivity index (χ2n) is 4.60. The first-order valence-corrected chi connectivity index (χ1v) is 6.81. The van der Waals surface area contributed by atoms with Crippen molar-refractivity contribution >= 4 is 23.4 Å². The highest BCUT2D eigenvalue weighted by Crippen LogP contribution is 2.16. The summed E-state index contributed by atoms with van der Waals surface area (Å²) in [5.74, 6) is -0.122. The van der Waals surface area contributed by atoms with E-state index in [0.717, 1.165) is 0 Å². The van der Waals surface area contributed by atoms with E-state index in [1.807, 2.05) is 4.90 Å². The Labute approximate surface area is 122 Å². The maximum atomic E-state index is 12.3. The van der Waals surface area contributed by atoms with Gasteiger partial charge in [-0.2, -0.15) is 0 Å². The summed E-state index contributed by atoms with van der Waals surface area (Å²) in [6.45, 7) is 2.89. The van der Waals surface area contributed by atoms with Crippen molar-refractivity contribution in [3.8, 4) is 0 Å². The molecule has 0 unspecified atom stereocenters. The Morgan fingerprint density at radius 1 is 1.35 bits per heavy atom. The minimum Gasteiger partial charge on any atom is -0.358 e. The molecule has 0 atom stereocenters. The molecule has 2 amide bonds. The standard InChI is InChI=1S/C13H17ClN4O2/c1-15-12(19)9-17-4-6-18(7-5-17)13(20)10-8-16-3-2-11(10)14/h2-3,8H,4-7,9H2,1H3,(H,15,19). The lowest BCUT2D eigenvalue weighted by molar-refractivity contribution is -0.122. The quantitative estimate of drug-likeness (QED) is 0.868. The summed E-state index contributed by atoms with van der Waals surface area (Å²) in [6.07, 6.45) is 3.04. The van der Waals surface area contributed by atoms with E-state index in [2.05, 4.69) is 10.3 Å². The Hall–Kier alpha value is -1.66. The van der Waals surface area contributed by atoms with Gasteiger partial charge in [0.1, 0.15) is 0 Å².